The molecule has 8 heteroatoms. The molecule has 174 valence electrons. The van der Waals surface area contributed by atoms with E-state index in [9.17, 15) is 4.79 Å². The van der Waals surface area contributed by atoms with Crippen LogP contribution in [0.15, 0.2) is 29.3 Å². The van der Waals surface area contributed by atoms with Gasteiger partial charge in [0.15, 0.2) is 5.96 Å². The van der Waals surface area contributed by atoms with Crippen LogP contribution in [0.2, 0.25) is 0 Å². The van der Waals surface area contributed by atoms with Gasteiger partial charge in [0.25, 0.3) is 0 Å². The van der Waals surface area contributed by atoms with Crippen molar-refractivity contribution in [3.63, 3.8) is 0 Å². The number of likely N-dealkylation sites (tertiary alicyclic amines) is 1. The maximum atomic E-state index is 12.1. The van der Waals surface area contributed by atoms with Crippen LogP contribution in [-0.2, 0) is 4.79 Å². The van der Waals surface area contributed by atoms with E-state index in [2.05, 4.69) is 32.7 Å². The number of likely N-dealkylation sites (N-methyl/N-ethyl adjacent to an activating group) is 1. The first-order valence-electron chi connectivity index (χ1n) is 11.2. The van der Waals surface area contributed by atoms with E-state index in [1.54, 1.807) is 26.1 Å². The molecule has 31 heavy (non-hydrogen) atoms. The van der Waals surface area contributed by atoms with E-state index in [0.29, 0.717) is 6.04 Å². The first kappa shape index (κ1) is 25.7. The zero-order valence-corrected chi connectivity index (χ0v) is 21.4. The van der Waals surface area contributed by atoms with Crippen LogP contribution in [0, 0.1) is 0 Å². The lowest BCUT2D eigenvalue weighted by Gasteiger charge is -2.29. The molecule has 1 aromatic carbocycles. The Labute approximate surface area is 204 Å². The summed E-state index contributed by atoms with van der Waals surface area (Å²) in [6.45, 7) is 3.13. The maximum Gasteiger partial charge on any atom is 0.243 e. The summed E-state index contributed by atoms with van der Waals surface area (Å²) in [4.78, 5) is 20.8. The quantitative estimate of drug-likeness (QED) is 0.300. The Morgan fingerprint density at radius 1 is 1.16 bits per heavy atom. The summed E-state index contributed by atoms with van der Waals surface area (Å²) in [5, 5.41) is 7.10. The van der Waals surface area contributed by atoms with Crippen molar-refractivity contribution in [2.75, 3.05) is 47.4 Å². The molecule has 7 nitrogen and oxygen atoms in total. The Bertz CT molecular complexity index is 698. The average molecular weight is 543 g/mol. The van der Waals surface area contributed by atoms with E-state index in [-0.39, 0.29) is 42.5 Å². The second kappa shape index (κ2) is 13.1. The molecule has 0 aromatic heterocycles. The molecule has 1 aliphatic carbocycles. The van der Waals surface area contributed by atoms with Gasteiger partial charge in [-0.2, -0.15) is 0 Å². The Morgan fingerprint density at radius 3 is 2.39 bits per heavy atom. The Balaban J connectivity index is 0.00000341. The molecule has 2 aliphatic rings. The highest BCUT2D eigenvalue weighted by atomic mass is 127. The van der Waals surface area contributed by atoms with Gasteiger partial charge in [0.05, 0.1) is 13.2 Å². The van der Waals surface area contributed by atoms with Crippen LogP contribution in [0.3, 0.4) is 0 Å². The summed E-state index contributed by atoms with van der Waals surface area (Å²) in [5.74, 6) is 1.63. The van der Waals surface area contributed by atoms with Gasteiger partial charge in [-0.3, -0.25) is 9.69 Å². The fraction of sp³-hybridized carbons (Fsp3) is 0.652. The minimum Gasteiger partial charge on any atom is -0.497 e. The number of nitrogens with zero attached hydrogens (tertiary/aromatic N) is 3. The van der Waals surface area contributed by atoms with Crippen LogP contribution in [0.4, 0.5) is 0 Å². The van der Waals surface area contributed by atoms with Crippen molar-refractivity contribution in [3.05, 3.63) is 29.8 Å². The van der Waals surface area contributed by atoms with Crippen molar-refractivity contribution in [2.24, 2.45) is 4.99 Å². The molecule has 0 bridgehead atoms. The molecular weight excluding hydrogens is 505 g/mol. The van der Waals surface area contributed by atoms with Crippen LogP contribution >= 0.6 is 24.0 Å². The standard InChI is InChI=1S/C23H37N5O2.HI/c1-27(2)22(29)17-25-23(26-19-8-4-5-9-19)24-16-21(28-14-6-7-15-28)18-10-12-20(30-3)13-11-18;/h10-13,19,21H,4-9,14-17H2,1-3H3,(H2,24,25,26);1H. The number of carbonyl (C=O) groups excluding carboxylic acids is 1. The summed E-state index contributed by atoms with van der Waals surface area (Å²) >= 11 is 0. The van der Waals surface area contributed by atoms with E-state index in [0.717, 1.165) is 44.2 Å². The number of guanidine groups is 1. The fourth-order valence-electron chi connectivity index (χ4n) is 4.23. The zero-order chi connectivity index (χ0) is 21.3. The van der Waals surface area contributed by atoms with Gasteiger partial charge in [-0.25, -0.2) is 4.99 Å². The molecule has 1 saturated heterocycles. The lowest BCUT2D eigenvalue weighted by atomic mass is 10.1. The normalized spacial score (nSPS) is 18.4. The predicted octanol–water partition coefficient (Wildman–Crippen LogP) is 3.02. The predicted molar refractivity (Wildman–Crippen MR) is 136 cm³/mol. The molecule has 0 radical (unpaired) electrons. The van der Waals surface area contributed by atoms with Crippen molar-refractivity contribution in [3.8, 4) is 5.75 Å². The number of hydrogen-bond donors (Lipinski definition) is 2. The van der Waals surface area contributed by atoms with E-state index in [1.807, 2.05) is 12.1 Å². The number of hydrogen-bond acceptors (Lipinski definition) is 4. The molecule has 3 rings (SSSR count). The molecule has 2 N–H and O–H groups in total. The highest BCUT2D eigenvalue weighted by Gasteiger charge is 2.24. The Kier molecular flexibility index (Phi) is 10.9. The number of carbonyl (C=O) groups is 1. The summed E-state index contributed by atoms with van der Waals surface area (Å²) in [6, 6.07) is 9.07. The molecule has 1 amide bonds. The van der Waals surface area contributed by atoms with Crippen LogP contribution in [0.5, 0.6) is 5.75 Å². The summed E-state index contributed by atoms with van der Waals surface area (Å²) in [5.41, 5.74) is 1.27. The molecule has 1 aromatic rings. The average Bonchev–Trinajstić information content (AvgIpc) is 3.46. The van der Waals surface area contributed by atoms with E-state index in [1.165, 1.54) is 31.2 Å². The first-order chi connectivity index (χ1) is 14.6. The highest BCUT2D eigenvalue weighted by molar-refractivity contribution is 14.0. The van der Waals surface area contributed by atoms with Crippen LogP contribution in [0.1, 0.15) is 50.1 Å². The van der Waals surface area contributed by atoms with E-state index in [4.69, 9.17) is 4.74 Å². The van der Waals surface area contributed by atoms with Gasteiger partial charge in [-0.1, -0.05) is 25.0 Å². The third-order valence-corrected chi connectivity index (χ3v) is 6.11. The zero-order valence-electron chi connectivity index (χ0n) is 19.1. The molecule has 0 spiro atoms. The number of aliphatic imine (C=N–C) groups is 1. The molecule has 2 fully saturated rings. The number of methoxy groups -OCH3 is 1. The third kappa shape index (κ3) is 7.82. The van der Waals surface area contributed by atoms with Gasteiger partial charge in [-0.15, -0.1) is 24.0 Å². The smallest absolute Gasteiger partial charge is 0.243 e. The van der Waals surface area contributed by atoms with Gasteiger partial charge in [0.1, 0.15) is 12.3 Å². The van der Waals surface area contributed by atoms with Crippen molar-refractivity contribution in [1.82, 2.24) is 20.4 Å². The van der Waals surface area contributed by atoms with Crippen LogP contribution < -0.4 is 15.4 Å². The minimum absolute atomic E-state index is 0. The molecule has 1 saturated carbocycles. The molecular formula is C23H38IN5O2. The Morgan fingerprint density at radius 2 is 1.81 bits per heavy atom. The molecule has 1 heterocycles. The van der Waals surface area contributed by atoms with Crippen molar-refractivity contribution in [2.45, 2.75) is 50.6 Å². The van der Waals surface area contributed by atoms with Crippen molar-refractivity contribution < 1.29 is 9.53 Å². The van der Waals surface area contributed by atoms with Crippen molar-refractivity contribution in [1.29, 1.82) is 0 Å². The molecule has 1 aliphatic heterocycles. The van der Waals surface area contributed by atoms with Gasteiger partial charge < -0.3 is 20.3 Å². The highest BCUT2D eigenvalue weighted by Crippen LogP contribution is 2.26. The topological polar surface area (TPSA) is 69.2 Å². The number of amides is 1. The minimum atomic E-state index is 0. The van der Waals surface area contributed by atoms with Gasteiger partial charge in [0.2, 0.25) is 5.91 Å². The summed E-state index contributed by atoms with van der Waals surface area (Å²) < 4.78 is 5.33. The number of halogens is 1. The third-order valence-electron chi connectivity index (χ3n) is 6.11. The summed E-state index contributed by atoms with van der Waals surface area (Å²) in [7, 11) is 5.23. The van der Waals surface area contributed by atoms with Crippen LogP contribution in [-0.4, -0.2) is 75.1 Å². The lowest BCUT2D eigenvalue weighted by Crippen LogP contribution is -2.46. The second-order valence-corrected chi connectivity index (χ2v) is 8.49. The number of rotatable bonds is 8. The maximum absolute atomic E-state index is 12.1. The number of ether oxygens (including phenoxy) is 1. The van der Waals surface area contributed by atoms with Gasteiger partial charge in [-0.05, 0) is 56.5 Å². The number of nitrogens with one attached hydrogen (secondary N) is 2. The summed E-state index contributed by atoms with van der Waals surface area (Å²) in [6.07, 6.45) is 7.32. The Hall–Kier alpha value is -1.55. The van der Waals surface area contributed by atoms with Crippen molar-refractivity contribution >= 4 is 35.8 Å². The SMILES string of the molecule is COc1ccc(C(CNC(=NCC(=O)N(C)C)NC2CCCC2)N2CCCC2)cc1.I. The molecule has 1 atom stereocenters. The van der Waals surface area contributed by atoms with Crippen LogP contribution in [0.25, 0.3) is 0 Å². The number of benzene rings is 1. The van der Waals surface area contributed by atoms with Gasteiger partial charge >= 0.3 is 0 Å². The van der Waals surface area contributed by atoms with E-state index >= 15 is 0 Å². The fourth-order valence-corrected chi connectivity index (χ4v) is 4.23. The van der Waals surface area contributed by atoms with E-state index < -0.39 is 0 Å². The second-order valence-electron chi connectivity index (χ2n) is 8.49. The van der Waals surface area contributed by atoms with Gasteiger partial charge in [0, 0.05) is 26.7 Å². The first-order valence-corrected chi connectivity index (χ1v) is 11.2. The molecule has 1 unspecified atom stereocenters. The largest absolute Gasteiger partial charge is 0.497 e. The lowest BCUT2D eigenvalue weighted by molar-refractivity contribution is -0.127. The monoisotopic (exact) mass is 543 g/mol.